The smallest absolute Gasteiger partial charge is 0.271 e. The largest absolute Gasteiger partial charge is 0.368 e. The molecule has 4 unspecified atom stereocenters. The van der Waals surface area contributed by atoms with Crippen LogP contribution in [0.25, 0.3) is 10.9 Å². The predicted molar refractivity (Wildman–Crippen MR) is 139 cm³/mol. The number of aromatic nitrogens is 1. The van der Waals surface area contributed by atoms with E-state index in [2.05, 4.69) is 10.3 Å². The second-order valence-corrected chi connectivity index (χ2v) is 12.3. The van der Waals surface area contributed by atoms with E-state index in [0.717, 1.165) is 38.5 Å². The molecule has 3 amide bonds. The third-order valence-electron chi connectivity index (χ3n) is 9.54. The monoisotopic (exact) mass is 530 g/mol. The first-order valence-corrected chi connectivity index (χ1v) is 13.9. The van der Waals surface area contributed by atoms with Gasteiger partial charge >= 0.3 is 0 Å². The Morgan fingerprint density at radius 2 is 2.00 bits per heavy atom. The van der Waals surface area contributed by atoms with Crippen LogP contribution < -0.4 is 11.1 Å². The van der Waals surface area contributed by atoms with E-state index in [1.807, 2.05) is 6.92 Å². The number of hydrogen-bond donors (Lipinski definition) is 3. The molecule has 0 radical (unpaired) electrons. The SMILES string of the molecule is CCC(C[C@@H]1CC2(CC2)NC1=O)C1(C(N)=O)C2CCCC2CN1C(=O)c1cc2c(Cl)cc(Cl)cc2[nH]1. The number of likely N-dealkylation sites (tertiary alicyclic amines) is 1. The van der Waals surface area contributed by atoms with Crippen LogP contribution in [0.15, 0.2) is 18.2 Å². The molecule has 1 spiro atoms. The summed E-state index contributed by atoms with van der Waals surface area (Å²) < 4.78 is 0. The zero-order valence-electron chi connectivity index (χ0n) is 20.4. The van der Waals surface area contributed by atoms with Gasteiger partial charge in [-0.05, 0) is 74.5 Å². The van der Waals surface area contributed by atoms with Crippen LogP contribution in [0.4, 0.5) is 0 Å². The molecule has 192 valence electrons. The van der Waals surface area contributed by atoms with Crippen molar-refractivity contribution in [3.8, 4) is 0 Å². The molecule has 2 saturated carbocycles. The third-order valence-corrected chi connectivity index (χ3v) is 10.1. The fourth-order valence-electron chi connectivity index (χ4n) is 7.78. The first-order chi connectivity index (χ1) is 17.2. The average molecular weight is 531 g/mol. The molecule has 4 aliphatic rings. The van der Waals surface area contributed by atoms with Crippen LogP contribution in [0.5, 0.6) is 0 Å². The summed E-state index contributed by atoms with van der Waals surface area (Å²) in [5.74, 6) is -0.741. The minimum Gasteiger partial charge on any atom is -0.368 e. The van der Waals surface area contributed by atoms with Gasteiger partial charge in [0.1, 0.15) is 11.2 Å². The highest BCUT2D eigenvalue weighted by Crippen LogP contribution is 2.55. The van der Waals surface area contributed by atoms with Crippen LogP contribution in [0.1, 0.15) is 68.8 Å². The minimum atomic E-state index is -1.12. The number of primary amides is 1. The first-order valence-electron chi connectivity index (χ1n) is 13.1. The predicted octanol–water partition coefficient (Wildman–Crippen LogP) is 4.66. The summed E-state index contributed by atoms with van der Waals surface area (Å²) in [5, 5.41) is 4.82. The number of nitrogens with zero attached hydrogens (tertiary/aromatic N) is 1. The zero-order chi connectivity index (χ0) is 25.4. The fourth-order valence-corrected chi connectivity index (χ4v) is 8.33. The van der Waals surface area contributed by atoms with E-state index in [4.69, 9.17) is 28.9 Å². The lowest BCUT2D eigenvalue weighted by Crippen LogP contribution is -2.64. The van der Waals surface area contributed by atoms with Crippen LogP contribution in [-0.2, 0) is 9.59 Å². The number of nitrogens with two attached hydrogens (primary N) is 1. The Balaban J connectivity index is 1.40. The second-order valence-electron chi connectivity index (χ2n) is 11.4. The van der Waals surface area contributed by atoms with Gasteiger partial charge in [-0.25, -0.2) is 0 Å². The maximum atomic E-state index is 14.1. The van der Waals surface area contributed by atoms with Crippen molar-refractivity contribution >= 4 is 51.8 Å². The third kappa shape index (κ3) is 3.49. The molecule has 5 atom stereocenters. The highest BCUT2D eigenvalue weighted by atomic mass is 35.5. The molecule has 3 heterocycles. The van der Waals surface area contributed by atoms with Crippen LogP contribution in [0, 0.1) is 23.7 Å². The number of nitrogens with one attached hydrogen (secondary N) is 2. The van der Waals surface area contributed by atoms with E-state index in [-0.39, 0.29) is 41.0 Å². The number of carbonyl (C=O) groups excluding carboxylic acids is 3. The molecule has 1 aromatic carbocycles. The topological polar surface area (TPSA) is 108 Å². The minimum absolute atomic E-state index is 0.00524. The number of amides is 3. The molecule has 2 saturated heterocycles. The average Bonchev–Trinajstić information content (AvgIpc) is 3.20. The van der Waals surface area contributed by atoms with Gasteiger partial charge in [-0.1, -0.05) is 43.0 Å². The number of H-pyrrole nitrogens is 1. The van der Waals surface area contributed by atoms with Crippen molar-refractivity contribution in [2.45, 2.75) is 69.4 Å². The van der Waals surface area contributed by atoms with Crippen molar-refractivity contribution < 1.29 is 14.4 Å². The molecule has 2 aliphatic carbocycles. The lowest BCUT2D eigenvalue weighted by atomic mass is 9.67. The first kappa shape index (κ1) is 24.1. The Kier molecular flexibility index (Phi) is 5.61. The number of hydrogen-bond acceptors (Lipinski definition) is 3. The van der Waals surface area contributed by atoms with Crippen molar-refractivity contribution in [2.24, 2.45) is 29.4 Å². The quantitative estimate of drug-likeness (QED) is 0.505. The maximum Gasteiger partial charge on any atom is 0.271 e. The van der Waals surface area contributed by atoms with E-state index in [9.17, 15) is 14.4 Å². The van der Waals surface area contributed by atoms with E-state index >= 15 is 0 Å². The number of fused-ring (bicyclic) bond motifs is 2. The Morgan fingerprint density at radius 1 is 1.22 bits per heavy atom. The highest BCUT2D eigenvalue weighted by molar-refractivity contribution is 6.38. The Bertz CT molecular complexity index is 1270. The summed E-state index contributed by atoms with van der Waals surface area (Å²) in [6.07, 6.45) is 6.94. The molecular weight excluding hydrogens is 499 g/mol. The zero-order valence-corrected chi connectivity index (χ0v) is 21.9. The van der Waals surface area contributed by atoms with E-state index < -0.39 is 11.4 Å². The normalized spacial score (nSPS) is 31.1. The summed E-state index contributed by atoms with van der Waals surface area (Å²) in [7, 11) is 0. The molecular formula is C27H32Cl2N4O3. The Morgan fingerprint density at radius 3 is 2.67 bits per heavy atom. The van der Waals surface area contributed by atoms with E-state index in [0.29, 0.717) is 46.0 Å². The summed E-state index contributed by atoms with van der Waals surface area (Å²) in [4.78, 5) is 45.5. The second kappa shape index (κ2) is 8.38. The molecule has 6 rings (SSSR count). The van der Waals surface area contributed by atoms with Crippen molar-refractivity contribution in [1.29, 1.82) is 0 Å². The molecule has 1 aromatic heterocycles. The highest BCUT2D eigenvalue weighted by Gasteiger charge is 2.64. The molecule has 4 fully saturated rings. The Labute approximate surface area is 220 Å². The maximum absolute atomic E-state index is 14.1. The summed E-state index contributed by atoms with van der Waals surface area (Å²) in [5.41, 5.74) is 6.16. The molecule has 0 bridgehead atoms. The summed E-state index contributed by atoms with van der Waals surface area (Å²) >= 11 is 12.6. The van der Waals surface area contributed by atoms with Gasteiger partial charge < -0.3 is 20.9 Å². The molecule has 4 N–H and O–H groups in total. The lowest BCUT2D eigenvalue weighted by molar-refractivity contribution is -0.135. The number of aromatic amines is 1. The fraction of sp³-hybridized carbons (Fsp3) is 0.593. The molecule has 7 nitrogen and oxygen atoms in total. The number of halogens is 2. The Hall–Kier alpha value is -2.25. The van der Waals surface area contributed by atoms with Gasteiger partial charge in [0, 0.05) is 33.9 Å². The van der Waals surface area contributed by atoms with Gasteiger partial charge in [0.15, 0.2) is 0 Å². The summed E-state index contributed by atoms with van der Waals surface area (Å²) in [6, 6.07) is 5.12. The van der Waals surface area contributed by atoms with Crippen LogP contribution >= 0.6 is 23.2 Å². The standard InChI is InChI=1S/C27H32Cl2N4O3/c1-2-16(8-15-12-26(6-7-26)32-23(15)34)27(25(30)36)19-5-3-4-14(19)13-33(27)24(35)22-11-18-20(29)9-17(28)10-21(18)31-22/h9-11,14-16,19,31H,2-8,12-13H2,1H3,(H2,30,36)(H,32,34)/t14?,15-,16?,19?,27?/m1/s1. The molecule has 36 heavy (non-hydrogen) atoms. The van der Waals surface area contributed by atoms with Gasteiger partial charge in [0.2, 0.25) is 11.8 Å². The summed E-state index contributed by atoms with van der Waals surface area (Å²) in [6.45, 7) is 2.54. The molecule has 2 aliphatic heterocycles. The lowest BCUT2D eigenvalue weighted by Gasteiger charge is -2.45. The number of benzene rings is 1. The van der Waals surface area contributed by atoms with Gasteiger partial charge in [0.25, 0.3) is 5.91 Å². The van der Waals surface area contributed by atoms with Gasteiger partial charge in [0.05, 0.1) is 5.02 Å². The van der Waals surface area contributed by atoms with Gasteiger partial charge in [-0.2, -0.15) is 0 Å². The van der Waals surface area contributed by atoms with Crippen LogP contribution in [0.3, 0.4) is 0 Å². The van der Waals surface area contributed by atoms with Crippen molar-refractivity contribution in [3.63, 3.8) is 0 Å². The van der Waals surface area contributed by atoms with Gasteiger partial charge in [-0.3, -0.25) is 14.4 Å². The molecule has 2 aromatic rings. The molecule has 9 heteroatoms. The van der Waals surface area contributed by atoms with E-state index in [1.54, 1.807) is 23.1 Å². The number of carbonyl (C=O) groups is 3. The van der Waals surface area contributed by atoms with Crippen molar-refractivity contribution in [2.75, 3.05) is 6.54 Å². The van der Waals surface area contributed by atoms with E-state index in [1.165, 1.54) is 0 Å². The van der Waals surface area contributed by atoms with Crippen LogP contribution in [-0.4, -0.2) is 45.2 Å². The number of rotatable bonds is 6. The van der Waals surface area contributed by atoms with Gasteiger partial charge in [-0.15, -0.1) is 0 Å². The van der Waals surface area contributed by atoms with Crippen LogP contribution in [0.2, 0.25) is 10.0 Å². The van der Waals surface area contributed by atoms with Crippen molar-refractivity contribution in [1.82, 2.24) is 15.2 Å². The van der Waals surface area contributed by atoms with Crippen molar-refractivity contribution in [3.05, 3.63) is 33.9 Å².